The third-order valence-electron chi connectivity index (χ3n) is 7.26. The second-order valence-corrected chi connectivity index (χ2v) is 9.84. The number of ketones is 2. The summed E-state index contributed by atoms with van der Waals surface area (Å²) in [7, 11) is 0. The molecule has 0 N–H and O–H groups in total. The standard InChI is InChI=1S/C27H24ClN3O7/c1-2-29-18-5-3-7-21(32)26(18)25(27-19(29)6-4-8-22(27)33)17-13-15(28)9-11-23(17)38-24-12-10-16(30(34)35)14-20(24)31(36)37/h9-14,25H,2-8H2,1H3. The molecule has 0 saturated carbocycles. The summed E-state index contributed by atoms with van der Waals surface area (Å²) in [6, 6.07) is 7.83. The van der Waals surface area contributed by atoms with Crippen molar-refractivity contribution in [1.29, 1.82) is 0 Å². The van der Waals surface area contributed by atoms with E-state index in [0.29, 0.717) is 66.8 Å². The van der Waals surface area contributed by atoms with Gasteiger partial charge in [-0.25, -0.2) is 0 Å². The zero-order valence-electron chi connectivity index (χ0n) is 20.6. The highest BCUT2D eigenvalue weighted by molar-refractivity contribution is 6.30. The lowest BCUT2D eigenvalue weighted by Gasteiger charge is -2.43. The summed E-state index contributed by atoms with van der Waals surface area (Å²) < 4.78 is 6.02. The van der Waals surface area contributed by atoms with Crippen LogP contribution in [0.3, 0.4) is 0 Å². The van der Waals surface area contributed by atoms with Crippen LogP contribution in [0.25, 0.3) is 0 Å². The molecule has 1 aliphatic heterocycles. The van der Waals surface area contributed by atoms with Crippen LogP contribution in [0.4, 0.5) is 11.4 Å². The molecule has 0 aromatic heterocycles. The highest BCUT2D eigenvalue weighted by Gasteiger charge is 2.44. The van der Waals surface area contributed by atoms with E-state index in [9.17, 15) is 29.8 Å². The van der Waals surface area contributed by atoms with E-state index in [1.807, 2.05) is 6.92 Å². The number of non-ortho nitro benzene ring substituents is 1. The summed E-state index contributed by atoms with van der Waals surface area (Å²) in [5, 5.41) is 23.3. The summed E-state index contributed by atoms with van der Waals surface area (Å²) in [6.45, 7) is 2.62. The van der Waals surface area contributed by atoms with Gasteiger partial charge in [0.1, 0.15) is 5.75 Å². The Labute approximate surface area is 222 Å². The van der Waals surface area contributed by atoms with Gasteiger partial charge in [0, 0.05) is 64.5 Å². The maximum atomic E-state index is 13.4. The molecule has 0 saturated heterocycles. The molecule has 3 aliphatic rings. The van der Waals surface area contributed by atoms with Crippen LogP contribution < -0.4 is 4.74 Å². The van der Waals surface area contributed by atoms with Crippen LogP contribution in [0, 0.1) is 20.2 Å². The predicted molar refractivity (Wildman–Crippen MR) is 138 cm³/mol. The second-order valence-electron chi connectivity index (χ2n) is 9.40. The number of rotatable bonds is 6. The predicted octanol–water partition coefficient (Wildman–Crippen LogP) is 6.38. The molecule has 0 radical (unpaired) electrons. The van der Waals surface area contributed by atoms with Gasteiger partial charge in [0.2, 0.25) is 5.75 Å². The smallest absolute Gasteiger partial charge is 0.318 e. The molecule has 2 aromatic rings. The van der Waals surface area contributed by atoms with Crippen LogP contribution in [0.15, 0.2) is 58.9 Å². The lowest BCUT2D eigenvalue weighted by molar-refractivity contribution is -0.394. The molecule has 0 amide bonds. The lowest BCUT2D eigenvalue weighted by Crippen LogP contribution is -2.39. The first kappa shape index (κ1) is 25.6. The number of nitrogens with zero attached hydrogens (tertiary/aromatic N) is 3. The average molecular weight is 538 g/mol. The Morgan fingerprint density at radius 1 is 0.895 bits per heavy atom. The molecule has 5 rings (SSSR count). The third-order valence-corrected chi connectivity index (χ3v) is 7.49. The van der Waals surface area contributed by atoms with Crippen molar-refractivity contribution in [3.63, 3.8) is 0 Å². The van der Waals surface area contributed by atoms with Gasteiger partial charge < -0.3 is 9.64 Å². The minimum atomic E-state index is -0.756. The fraction of sp³-hybridized carbons (Fsp3) is 0.333. The Morgan fingerprint density at radius 3 is 2.05 bits per heavy atom. The molecule has 2 aromatic carbocycles. The van der Waals surface area contributed by atoms with Crippen LogP contribution >= 0.6 is 11.6 Å². The van der Waals surface area contributed by atoms with Crippen molar-refractivity contribution in [3.8, 4) is 11.5 Å². The Morgan fingerprint density at radius 2 is 1.50 bits per heavy atom. The van der Waals surface area contributed by atoms with Crippen molar-refractivity contribution in [2.45, 2.75) is 51.4 Å². The monoisotopic (exact) mass is 537 g/mol. The molecule has 2 aliphatic carbocycles. The molecule has 0 fully saturated rings. The van der Waals surface area contributed by atoms with Gasteiger partial charge in [-0.05, 0) is 56.9 Å². The quantitative estimate of drug-likeness (QED) is 0.306. The zero-order valence-corrected chi connectivity index (χ0v) is 21.3. The fourth-order valence-electron chi connectivity index (χ4n) is 5.71. The number of hydrogen-bond donors (Lipinski definition) is 0. The summed E-state index contributed by atoms with van der Waals surface area (Å²) in [6.07, 6.45) is 3.53. The Balaban J connectivity index is 1.71. The molecule has 11 heteroatoms. The largest absolute Gasteiger partial charge is 0.450 e. The third kappa shape index (κ3) is 4.34. The number of allylic oxidation sites excluding steroid dienone is 4. The second kappa shape index (κ2) is 10.0. The van der Waals surface area contributed by atoms with E-state index in [0.717, 1.165) is 23.5 Å². The van der Waals surface area contributed by atoms with Crippen molar-refractivity contribution < 1.29 is 24.2 Å². The van der Waals surface area contributed by atoms with E-state index in [2.05, 4.69) is 4.90 Å². The molecular formula is C27H24ClN3O7. The minimum absolute atomic E-state index is 0.0492. The average Bonchev–Trinajstić information content (AvgIpc) is 2.89. The highest BCUT2D eigenvalue weighted by atomic mass is 35.5. The van der Waals surface area contributed by atoms with Gasteiger partial charge in [0.25, 0.3) is 5.69 Å². The van der Waals surface area contributed by atoms with Gasteiger partial charge in [0.05, 0.1) is 15.9 Å². The van der Waals surface area contributed by atoms with Gasteiger partial charge >= 0.3 is 5.69 Å². The molecule has 1 heterocycles. The Kier molecular flexibility index (Phi) is 6.75. The van der Waals surface area contributed by atoms with Gasteiger partial charge in [-0.3, -0.25) is 29.8 Å². The van der Waals surface area contributed by atoms with Crippen molar-refractivity contribution in [2.75, 3.05) is 6.54 Å². The maximum Gasteiger partial charge on any atom is 0.318 e. The minimum Gasteiger partial charge on any atom is -0.450 e. The molecule has 0 unspecified atom stereocenters. The summed E-state index contributed by atoms with van der Waals surface area (Å²) in [5.74, 6) is -0.854. The molecule has 0 bridgehead atoms. The molecule has 38 heavy (non-hydrogen) atoms. The van der Waals surface area contributed by atoms with Crippen LogP contribution in [0.1, 0.15) is 56.9 Å². The van der Waals surface area contributed by atoms with Crippen molar-refractivity contribution in [1.82, 2.24) is 4.90 Å². The van der Waals surface area contributed by atoms with Gasteiger partial charge in [-0.1, -0.05) is 11.6 Å². The molecule has 10 nitrogen and oxygen atoms in total. The van der Waals surface area contributed by atoms with E-state index in [4.69, 9.17) is 16.3 Å². The first-order valence-corrected chi connectivity index (χ1v) is 12.8. The zero-order chi connectivity index (χ0) is 27.1. The van der Waals surface area contributed by atoms with Gasteiger partial charge in [0.15, 0.2) is 11.6 Å². The molecule has 0 atom stereocenters. The topological polar surface area (TPSA) is 133 Å². The number of nitro benzene ring substituents is 2. The first-order chi connectivity index (χ1) is 18.2. The molecule has 0 spiro atoms. The van der Waals surface area contributed by atoms with E-state index in [1.54, 1.807) is 12.1 Å². The van der Waals surface area contributed by atoms with Crippen molar-refractivity contribution in [2.24, 2.45) is 0 Å². The number of nitro groups is 2. The van der Waals surface area contributed by atoms with Gasteiger partial charge in [-0.2, -0.15) is 0 Å². The summed E-state index contributed by atoms with van der Waals surface area (Å²) in [4.78, 5) is 50.3. The summed E-state index contributed by atoms with van der Waals surface area (Å²) in [5.41, 5.74) is 2.30. The fourth-order valence-corrected chi connectivity index (χ4v) is 5.89. The number of benzene rings is 2. The molecule has 196 valence electrons. The maximum absolute atomic E-state index is 13.4. The van der Waals surface area contributed by atoms with Crippen LogP contribution in [-0.4, -0.2) is 32.9 Å². The Bertz CT molecular complexity index is 1420. The van der Waals surface area contributed by atoms with Crippen LogP contribution in [0.5, 0.6) is 11.5 Å². The van der Waals surface area contributed by atoms with Crippen molar-refractivity contribution >= 4 is 34.5 Å². The lowest BCUT2D eigenvalue weighted by atomic mass is 9.70. The summed E-state index contributed by atoms with van der Waals surface area (Å²) >= 11 is 6.40. The highest BCUT2D eigenvalue weighted by Crippen LogP contribution is 2.51. The number of Topliss-reactive ketones (excluding diaryl/α,β-unsaturated/α-hetero) is 2. The number of hydrogen-bond acceptors (Lipinski definition) is 8. The van der Waals surface area contributed by atoms with E-state index in [1.165, 1.54) is 12.1 Å². The number of ether oxygens (including phenoxy) is 1. The number of carbonyl (C=O) groups excluding carboxylic acids is 2. The van der Waals surface area contributed by atoms with E-state index < -0.39 is 27.1 Å². The first-order valence-electron chi connectivity index (χ1n) is 12.4. The van der Waals surface area contributed by atoms with Crippen LogP contribution in [0.2, 0.25) is 5.02 Å². The van der Waals surface area contributed by atoms with Crippen molar-refractivity contribution in [3.05, 3.63) is 89.8 Å². The number of carbonyl (C=O) groups is 2. The van der Waals surface area contributed by atoms with E-state index >= 15 is 0 Å². The van der Waals surface area contributed by atoms with Gasteiger partial charge in [-0.15, -0.1) is 0 Å². The van der Waals surface area contributed by atoms with Crippen LogP contribution in [-0.2, 0) is 9.59 Å². The Hall–Kier alpha value is -4.05. The molecular weight excluding hydrogens is 514 g/mol. The SMILES string of the molecule is CCN1C2=C(C(=O)CCC2)C(c2cc(Cl)ccc2Oc2ccc([N+](=O)[O-])cc2[N+](=O)[O-])C2=C1CCCC2=O. The normalized spacial score (nSPS) is 17.9. The number of halogens is 1. The van der Waals surface area contributed by atoms with E-state index in [-0.39, 0.29) is 23.1 Å².